The van der Waals surface area contributed by atoms with Crippen molar-refractivity contribution < 1.29 is 46.3 Å². The van der Waals surface area contributed by atoms with Crippen molar-refractivity contribution in [3.8, 4) is 0 Å². The molecule has 2 aromatic carbocycles. The molecule has 11 nitrogen and oxygen atoms in total. The van der Waals surface area contributed by atoms with Crippen LogP contribution < -0.4 is 5.32 Å². The van der Waals surface area contributed by atoms with Crippen molar-refractivity contribution in [1.82, 2.24) is 9.88 Å². The van der Waals surface area contributed by atoms with E-state index >= 15 is 0 Å². The molecule has 0 radical (unpaired) electrons. The summed E-state index contributed by atoms with van der Waals surface area (Å²) in [6, 6.07) is 11.9. The summed E-state index contributed by atoms with van der Waals surface area (Å²) in [5.74, 6) is -2.29. The number of nitrogens with one attached hydrogen (secondary N) is 1. The quantitative estimate of drug-likeness (QED) is 0.254. The van der Waals surface area contributed by atoms with E-state index in [-0.39, 0.29) is 37.3 Å². The first-order valence-corrected chi connectivity index (χ1v) is 14.0. The summed E-state index contributed by atoms with van der Waals surface area (Å²) in [5.41, 5.74) is 0.0325. The van der Waals surface area contributed by atoms with E-state index in [1.807, 2.05) is 24.3 Å². The standard InChI is InChI=1S/C27H32F2N3O8P/c1-32(25(34)12-11-18-9-6-10-23(28)26(18)29)21(14-22(33)17-40-41(36,37-2)38-3)16-39-27(35)31-24-13-19-7-4-5-8-20(19)15-30-24/h4-10,13,15,21-22,33H,11-12,14,16-17H2,1-3H3,(H,30,31,35)/t21-,22-/m0/s1. The summed E-state index contributed by atoms with van der Waals surface area (Å²) in [6.45, 7) is -0.821. The van der Waals surface area contributed by atoms with Crippen LogP contribution in [0.1, 0.15) is 18.4 Å². The Hall–Kier alpha value is -3.48. The number of carbonyl (C=O) groups excluding carboxylic acids is 2. The van der Waals surface area contributed by atoms with Crippen LogP contribution >= 0.6 is 7.82 Å². The number of hydrogen-bond acceptors (Lipinski definition) is 9. The predicted molar refractivity (Wildman–Crippen MR) is 146 cm³/mol. The van der Waals surface area contributed by atoms with Gasteiger partial charge in [-0.25, -0.2) is 23.1 Å². The molecule has 14 heteroatoms. The number of phosphoric acid groups is 1. The van der Waals surface area contributed by atoms with Crippen LogP contribution in [0.5, 0.6) is 0 Å². The van der Waals surface area contributed by atoms with Gasteiger partial charge in [-0.15, -0.1) is 0 Å². The predicted octanol–water partition coefficient (Wildman–Crippen LogP) is 4.69. The lowest BCUT2D eigenvalue weighted by Crippen LogP contribution is -2.43. The maximum absolute atomic E-state index is 14.0. The first-order chi connectivity index (χ1) is 19.5. The van der Waals surface area contributed by atoms with Gasteiger partial charge in [-0.1, -0.05) is 36.4 Å². The lowest BCUT2D eigenvalue weighted by molar-refractivity contribution is -0.133. The summed E-state index contributed by atoms with van der Waals surface area (Å²) in [5, 5.41) is 14.8. The number of fused-ring (bicyclic) bond motifs is 1. The number of anilines is 1. The van der Waals surface area contributed by atoms with E-state index in [1.165, 1.54) is 24.1 Å². The van der Waals surface area contributed by atoms with E-state index in [0.717, 1.165) is 31.1 Å². The molecule has 0 saturated heterocycles. The molecule has 0 aliphatic carbocycles. The second kappa shape index (κ2) is 14.9. The number of aromatic nitrogens is 1. The molecule has 222 valence electrons. The molecule has 0 fully saturated rings. The molecular formula is C27H32F2N3O8P. The number of carbonyl (C=O) groups is 2. The average Bonchev–Trinajstić information content (AvgIpc) is 2.98. The van der Waals surface area contributed by atoms with Crippen LogP contribution in [-0.2, 0) is 34.1 Å². The molecule has 0 saturated carbocycles. The number of aryl methyl sites for hydroxylation is 1. The van der Waals surface area contributed by atoms with E-state index in [0.29, 0.717) is 0 Å². The second-order valence-electron chi connectivity index (χ2n) is 9.01. The second-order valence-corrected chi connectivity index (χ2v) is 10.9. The topological polar surface area (TPSA) is 137 Å². The highest BCUT2D eigenvalue weighted by Crippen LogP contribution is 2.47. The van der Waals surface area contributed by atoms with Crippen molar-refractivity contribution >= 4 is 36.4 Å². The Balaban J connectivity index is 1.65. The van der Waals surface area contributed by atoms with Gasteiger partial charge >= 0.3 is 13.9 Å². The van der Waals surface area contributed by atoms with Gasteiger partial charge in [0.1, 0.15) is 12.4 Å². The van der Waals surface area contributed by atoms with Crippen LogP contribution in [0.15, 0.2) is 54.7 Å². The van der Waals surface area contributed by atoms with Crippen molar-refractivity contribution in [3.05, 3.63) is 71.9 Å². The number of amides is 2. The highest BCUT2D eigenvalue weighted by molar-refractivity contribution is 7.48. The maximum atomic E-state index is 14.0. The molecule has 2 atom stereocenters. The van der Waals surface area contributed by atoms with E-state index in [9.17, 15) is 28.0 Å². The molecule has 2 N–H and O–H groups in total. The summed E-state index contributed by atoms with van der Waals surface area (Å²) in [7, 11) is -0.220. The number of rotatable bonds is 14. The average molecular weight is 596 g/mol. The normalized spacial score (nSPS) is 13.0. The van der Waals surface area contributed by atoms with E-state index < -0.39 is 50.2 Å². The smallest absolute Gasteiger partial charge is 0.447 e. The fraction of sp³-hybridized carbons (Fsp3) is 0.370. The first kappa shape index (κ1) is 32.0. The minimum absolute atomic E-state index is 0.0325. The van der Waals surface area contributed by atoms with Crippen molar-refractivity contribution in [2.24, 2.45) is 0 Å². The third-order valence-electron chi connectivity index (χ3n) is 6.27. The number of phosphoric ester groups is 1. The van der Waals surface area contributed by atoms with Crippen molar-refractivity contribution in [3.63, 3.8) is 0 Å². The highest BCUT2D eigenvalue weighted by Gasteiger charge is 2.28. The van der Waals surface area contributed by atoms with Crippen LogP contribution in [-0.4, -0.2) is 73.6 Å². The summed E-state index contributed by atoms with van der Waals surface area (Å²) >= 11 is 0. The zero-order valence-corrected chi connectivity index (χ0v) is 23.7. The summed E-state index contributed by atoms with van der Waals surface area (Å²) in [4.78, 5) is 30.9. The third kappa shape index (κ3) is 9.27. The Labute approximate surface area is 236 Å². The van der Waals surface area contributed by atoms with Gasteiger partial charge in [0, 0.05) is 39.3 Å². The highest BCUT2D eigenvalue weighted by atomic mass is 31.2. The Morgan fingerprint density at radius 1 is 1.07 bits per heavy atom. The molecule has 1 heterocycles. The molecule has 3 rings (SSSR count). The Morgan fingerprint density at radius 2 is 1.78 bits per heavy atom. The van der Waals surface area contributed by atoms with Gasteiger partial charge in [0.2, 0.25) is 5.91 Å². The van der Waals surface area contributed by atoms with E-state index in [2.05, 4.69) is 19.3 Å². The minimum Gasteiger partial charge on any atom is -0.447 e. The van der Waals surface area contributed by atoms with Crippen LogP contribution in [0.4, 0.5) is 19.4 Å². The lowest BCUT2D eigenvalue weighted by Gasteiger charge is -2.30. The minimum atomic E-state index is -3.87. The summed E-state index contributed by atoms with van der Waals surface area (Å²) in [6.07, 6.45) is -0.957. The van der Waals surface area contributed by atoms with Crippen LogP contribution in [0.25, 0.3) is 10.8 Å². The van der Waals surface area contributed by atoms with Gasteiger partial charge in [-0.05, 0) is 35.9 Å². The van der Waals surface area contributed by atoms with Crippen molar-refractivity contribution in [2.45, 2.75) is 31.4 Å². The molecule has 0 aliphatic rings. The van der Waals surface area contributed by atoms with Gasteiger partial charge in [0.05, 0.1) is 18.8 Å². The lowest BCUT2D eigenvalue weighted by atomic mass is 10.1. The largest absolute Gasteiger partial charge is 0.474 e. The molecule has 2 amide bonds. The fourth-order valence-electron chi connectivity index (χ4n) is 3.90. The van der Waals surface area contributed by atoms with Crippen LogP contribution in [0, 0.1) is 11.6 Å². The van der Waals surface area contributed by atoms with Gasteiger partial charge in [-0.2, -0.15) is 0 Å². The first-order valence-electron chi connectivity index (χ1n) is 12.6. The number of halogens is 2. The third-order valence-corrected chi connectivity index (χ3v) is 7.62. The zero-order chi connectivity index (χ0) is 30.0. The molecule has 41 heavy (non-hydrogen) atoms. The number of aliphatic hydroxyl groups excluding tert-OH is 1. The van der Waals surface area contributed by atoms with E-state index in [1.54, 1.807) is 12.3 Å². The molecule has 0 unspecified atom stereocenters. The number of ether oxygens (including phenoxy) is 1. The van der Waals surface area contributed by atoms with Crippen LogP contribution in [0.3, 0.4) is 0 Å². The van der Waals surface area contributed by atoms with E-state index in [4.69, 9.17) is 9.26 Å². The number of likely N-dealkylation sites (N-methyl/N-ethyl adjacent to an activating group) is 1. The SMILES string of the molecule is COP(=O)(OC)OC[C@@H](O)C[C@@H](COC(=O)Nc1cc2ccccc2cn1)N(C)C(=O)CCc1cccc(F)c1F. The zero-order valence-electron chi connectivity index (χ0n) is 22.8. The Bertz CT molecular complexity index is 1390. The van der Waals surface area contributed by atoms with Gasteiger partial charge in [0.25, 0.3) is 0 Å². The number of hydrogen-bond donors (Lipinski definition) is 2. The molecular weight excluding hydrogens is 563 g/mol. The molecule has 3 aromatic rings. The molecule has 0 aliphatic heterocycles. The van der Waals surface area contributed by atoms with Crippen molar-refractivity contribution in [2.75, 3.05) is 39.8 Å². The maximum Gasteiger partial charge on any atom is 0.474 e. The number of nitrogens with zero attached hydrogens (tertiary/aromatic N) is 2. The van der Waals surface area contributed by atoms with Crippen LogP contribution in [0.2, 0.25) is 0 Å². The van der Waals surface area contributed by atoms with Gasteiger partial charge < -0.3 is 14.7 Å². The fourth-order valence-corrected chi connectivity index (χ4v) is 4.62. The number of aliphatic hydroxyl groups is 1. The van der Waals surface area contributed by atoms with Gasteiger partial charge in [-0.3, -0.25) is 23.7 Å². The van der Waals surface area contributed by atoms with Gasteiger partial charge in [0.15, 0.2) is 11.6 Å². The van der Waals surface area contributed by atoms with Crippen molar-refractivity contribution in [1.29, 1.82) is 0 Å². The Morgan fingerprint density at radius 3 is 2.49 bits per heavy atom. The Kier molecular flexibility index (Phi) is 11.7. The number of benzene rings is 2. The monoisotopic (exact) mass is 595 g/mol. The molecule has 0 spiro atoms. The molecule has 0 bridgehead atoms. The summed E-state index contributed by atoms with van der Waals surface area (Å²) < 4.78 is 59.5. The molecule has 1 aromatic heterocycles. The number of pyridine rings is 1.